The van der Waals surface area contributed by atoms with E-state index < -0.39 is 0 Å². The average Bonchev–Trinajstić information content (AvgIpc) is 2.65. The van der Waals surface area contributed by atoms with E-state index in [2.05, 4.69) is 42.1 Å². The molecule has 5 nitrogen and oxygen atoms in total. The first-order chi connectivity index (χ1) is 12.1. The molecule has 2 heterocycles. The first-order valence-corrected chi connectivity index (χ1v) is 9.27. The fourth-order valence-corrected chi connectivity index (χ4v) is 3.28. The quantitative estimate of drug-likeness (QED) is 0.721. The minimum atomic E-state index is 0.570. The average molecular weight is 437 g/mol. The van der Waals surface area contributed by atoms with Crippen LogP contribution in [0.1, 0.15) is 5.56 Å². The van der Waals surface area contributed by atoms with Crippen LogP contribution in [0.4, 0.5) is 11.5 Å². The Bertz CT molecular complexity index is 813. The molecular weight excluding hydrogens is 422 g/mol. The van der Waals surface area contributed by atoms with Crippen molar-refractivity contribution in [1.29, 1.82) is 5.26 Å². The molecule has 0 atom stereocenters. The second kappa shape index (κ2) is 8.00. The topological polar surface area (TPSA) is 55.2 Å². The molecule has 0 unspecified atom stereocenters. The van der Waals surface area contributed by atoms with Gasteiger partial charge in [0.05, 0.1) is 10.6 Å². The number of benzene rings is 1. The summed E-state index contributed by atoms with van der Waals surface area (Å²) in [5.74, 6) is 0.886. The van der Waals surface area contributed by atoms with Crippen LogP contribution in [-0.4, -0.2) is 41.2 Å². The van der Waals surface area contributed by atoms with Crippen LogP contribution < -0.4 is 10.2 Å². The largest absolute Gasteiger partial charge is 0.353 e. The second-order valence-electron chi connectivity index (χ2n) is 5.55. The summed E-state index contributed by atoms with van der Waals surface area (Å²) in [5, 5.41) is 13.4. The molecule has 0 spiro atoms. The van der Waals surface area contributed by atoms with Crippen molar-refractivity contribution in [3.63, 3.8) is 0 Å². The van der Waals surface area contributed by atoms with E-state index in [0.29, 0.717) is 15.7 Å². The number of pyridine rings is 1. The van der Waals surface area contributed by atoms with Gasteiger partial charge in [0.15, 0.2) is 5.11 Å². The van der Waals surface area contributed by atoms with Crippen LogP contribution in [0.2, 0.25) is 5.02 Å². The first kappa shape index (κ1) is 17.9. The molecule has 1 aliphatic heterocycles. The molecule has 1 saturated heterocycles. The van der Waals surface area contributed by atoms with Crippen molar-refractivity contribution >= 4 is 56.4 Å². The Morgan fingerprint density at radius 3 is 2.60 bits per heavy atom. The third-order valence-electron chi connectivity index (χ3n) is 3.94. The number of nitrogens with zero attached hydrogens (tertiary/aromatic N) is 4. The van der Waals surface area contributed by atoms with Crippen LogP contribution in [0.3, 0.4) is 0 Å². The molecule has 0 bridgehead atoms. The summed E-state index contributed by atoms with van der Waals surface area (Å²) < 4.78 is 0.856. The van der Waals surface area contributed by atoms with Gasteiger partial charge < -0.3 is 15.1 Å². The number of nitriles is 1. The lowest BCUT2D eigenvalue weighted by atomic mass is 10.2. The number of thiocarbonyl (C=S) groups is 1. The summed E-state index contributed by atoms with van der Waals surface area (Å²) in [6.07, 6.45) is 1.60. The van der Waals surface area contributed by atoms with E-state index in [0.717, 1.165) is 42.2 Å². The summed E-state index contributed by atoms with van der Waals surface area (Å²) >= 11 is 15.0. The van der Waals surface area contributed by atoms with Gasteiger partial charge in [-0.3, -0.25) is 0 Å². The fraction of sp³-hybridized carbons (Fsp3) is 0.235. The Balaban J connectivity index is 1.56. The predicted molar refractivity (Wildman–Crippen MR) is 108 cm³/mol. The molecule has 8 heteroatoms. The predicted octanol–water partition coefficient (Wildman–Crippen LogP) is 3.89. The molecule has 0 radical (unpaired) electrons. The van der Waals surface area contributed by atoms with Gasteiger partial charge in [-0.1, -0.05) is 11.6 Å². The summed E-state index contributed by atoms with van der Waals surface area (Å²) in [4.78, 5) is 8.67. The van der Waals surface area contributed by atoms with E-state index in [4.69, 9.17) is 29.1 Å². The van der Waals surface area contributed by atoms with Crippen LogP contribution >= 0.6 is 39.7 Å². The van der Waals surface area contributed by atoms with Crippen LogP contribution in [0.5, 0.6) is 0 Å². The molecule has 1 fully saturated rings. The molecule has 1 N–H and O–H groups in total. The number of anilines is 2. The van der Waals surface area contributed by atoms with Crippen molar-refractivity contribution in [3.05, 3.63) is 51.6 Å². The maximum absolute atomic E-state index is 8.85. The molecule has 25 heavy (non-hydrogen) atoms. The molecule has 3 rings (SSSR count). The Morgan fingerprint density at radius 1 is 1.24 bits per heavy atom. The van der Waals surface area contributed by atoms with Gasteiger partial charge in [-0.2, -0.15) is 5.26 Å². The lowest BCUT2D eigenvalue weighted by molar-refractivity contribution is 0.389. The zero-order valence-corrected chi connectivity index (χ0v) is 16.4. The molecule has 1 aromatic heterocycles. The van der Waals surface area contributed by atoms with Crippen molar-refractivity contribution in [2.75, 3.05) is 36.4 Å². The SMILES string of the molecule is N#Cc1ccc(N2CCN(C(=S)Nc3ccc(Br)c(Cl)c3)CC2)nc1. The number of hydrogen-bond acceptors (Lipinski definition) is 4. The van der Waals surface area contributed by atoms with Crippen LogP contribution in [0, 0.1) is 11.3 Å². The molecule has 2 aromatic rings. The van der Waals surface area contributed by atoms with Gasteiger partial charge in [0.1, 0.15) is 11.9 Å². The van der Waals surface area contributed by atoms with E-state index in [1.165, 1.54) is 0 Å². The van der Waals surface area contributed by atoms with E-state index in [1.54, 1.807) is 12.3 Å². The minimum Gasteiger partial charge on any atom is -0.353 e. The zero-order valence-electron chi connectivity index (χ0n) is 13.2. The standard InChI is InChI=1S/C17H15BrClN5S/c18-14-3-2-13(9-15(14)19)22-17(25)24-7-5-23(6-8-24)16-4-1-12(10-20)11-21-16/h1-4,9,11H,5-8H2,(H,22,25). The maximum atomic E-state index is 8.85. The number of piperazine rings is 1. The Kier molecular flexibility index (Phi) is 5.74. The zero-order chi connectivity index (χ0) is 17.8. The van der Waals surface area contributed by atoms with Crippen LogP contribution in [-0.2, 0) is 0 Å². The first-order valence-electron chi connectivity index (χ1n) is 7.69. The maximum Gasteiger partial charge on any atom is 0.173 e. The minimum absolute atomic E-state index is 0.570. The number of rotatable bonds is 2. The summed E-state index contributed by atoms with van der Waals surface area (Å²) in [7, 11) is 0. The highest BCUT2D eigenvalue weighted by Gasteiger charge is 2.20. The fourth-order valence-electron chi connectivity index (χ4n) is 2.55. The summed E-state index contributed by atoms with van der Waals surface area (Å²) in [5.41, 5.74) is 1.44. The van der Waals surface area contributed by atoms with Crippen molar-refractivity contribution in [3.8, 4) is 6.07 Å². The number of aromatic nitrogens is 1. The van der Waals surface area contributed by atoms with E-state index in [9.17, 15) is 0 Å². The molecule has 0 saturated carbocycles. The third kappa shape index (κ3) is 4.40. The molecular formula is C17H15BrClN5S. The van der Waals surface area contributed by atoms with Gasteiger partial charge >= 0.3 is 0 Å². The van der Waals surface area contributed by atoms with Crippen molar-refractivity contribution < 1.29 is 0 Å². The van der Waals surface area contributed by atoms with Gasteiger partial charge in [-0.15, -0.1) is 0 Å². The van der Waals surface area contributed by atoms with E-state index >= 15 is 0 Å². The number of nitrogens with one attached hydrogen (secondary N) is 1. The molecule has 0 amide bonds. The lowest BCUT2D eigenvalue weighted by Gasteiger charge is -2.36. The van der Waals surface area contributed by atoms with Crippen molar-refractivity contribution in [2.24, 2.45) is 0 Å². The lowest BCUT2D eigenvalue weighted by Crippen LogP contribution is -2.50. The van der Waals surface area contributed by atoms with Gasteiger partial charge in [0.25, 0.3) is 0 Å². The highest BCUT2D eigenvalue weighted by Crippen LogP contribution is 2.25. The van der Waals surface area contributed by atoms with Crippen LogP contribution in [0.25, 0.3) is 0 Å². The number of hydrogen-bond donors (Lipinski definition) is 1. The second-order valence-corrected chi connectivity index (χ2v) is 7.20. The van der Waals surface area contributed by atoms with Gasteiger partial charge in [-0.25, -0.2) is 4.98 Å². The number of halogens is 2. The van der Waals surface area contributed by atoms with Gasteiger partial charge in [-0.05, 0) is 58.5 Å². The molecule has 128 valence electrons. The van der Waals surface area contributed by atoms with Crippen molar-refractivity contribution in [1.82, 2.24) is 9.88 Å². The Hall–Kier alpha value is -1.88. The van der Waals surface area contributed by atoms with Gasteiger partial charge in [0, 0.05) is 42.5 Å². The smallest absolute Gasteiger partial charge is 0.173 e. The molecule has 1 aromatic carbocycles. The monoisotopic (exact) mass is 435 g/mol. The third-order valence-corrected chi connectivity index (χ3v) is 5.53. The highest BCUT2D eigenvalue weighted by molar-refractivity contribution is 9.10. The molecule has 0 aliphatic carbocycles. The Morgan fingerprint density at radius 2 is 2.00 bits per heavy atom. The normalized spacial score (nSPS) is 14.1. The van der Waals surface area contributed by atoms with Gasteiger partial charge in [0.2, 0.25) is 0 Å². The summed E-state index contributed by atoms with van der Waals surface area (Å²) in [6, 6.07) is 11.4. The highest BCUT2D eigenvalue weighted by atomic mass is 79.9. The van der Waals surface area contributed by atoms with E-state index in [-0.39, 0.29) is 0 Å². The van der Waals surface area contributed by atoms with Crippen molar-refractivity contribution in [2.45, 2.75) is 0 Å². The summed E-state index contributed by atoms with van der Waals surface area (Å²) in [6.45, 7) is 3.25. The van der Waals surface area contributed by atoms with Crippen LogP contribution in [0.15, 0.2) is 41.0 Å². The van der Waals surface area contributed by atoms with E-state index in [1.807, 2.05) is 24.3 Å². The molecule has 1 aliphatic rings. The Labute approximate surface area is 165 Å².